The Balaban J connectivity index is 1.36. The molecule has 0 aliphatic rings. The summed E-state index contributed by atoms with van der Waals surface area (Å²) in [6.07, 6.45) is 2.27. The van der Waals surface area contributed by atoms with Gasteiger partial charge in [0.25, 0.3) is 5.91 Å². The van der Waals surface area contributed by atoms with Crippen molar-refractivity contribution in [2.75, 3.05) is 12.4 Å². The van der Waals surface area contributed by atoms with Crippen LogP contribution in [0.1, 0.15) is 35.7 Å². The van der Waals surface area contributed by atoms with Gasteiger partial charge in [-0.2, -0.15) is 0 Å². The highest BCUT2D eigenvalue weighted by Crippen LogP contribution is 2.37. The molecule has 3 heterocycles. The Hall–Kier alpha value is -4.78. The summed E-state index contributed by atoms with van der Waals surface area (Å²) in [5.41, 5.74) is 3.81. The first-order valence-corrected chi connectivity index (χ1v) is 13.5. The molecule has 2 atom stereocenters. The number of amides is 2. The second-order valence-corrected chi connectivity index (χ2v) is 10.4. The van der Waals surface area contributed by atoms with Gasteiger partial charge in [-0.05, 0) is 45.4 Å². The van der Waals surface area contributed by atoms with Gasteiger partial charge in [-0.15, -0.1) is 11.3 Å². The molecule has 0 unspecified atom stereocenters. The van der Waals surface area contributed by atoms with Crippen LogP contribution in [0.3, 0.4) is 0 Å². The van der Waals surface area contributed by atoms with Gasteiger partial charge < -0.3 is 14.8 Å². The van der Waals surface area contributed by atoms with Crippen molar-refractivity contribution in [3.05, 3.63) is 65.8 Å². The predicted octanol–water partition coefficient (Wildman–Crippen LogP) is 5.22. The van der Waals surface area contributed by atoms with Crippen LogP contribution in [0.25, 0.3) is 31.8 Å². The molecule has 11 nitrogen and oxygen atoms in total. The smallest absolute Gasteiger partial charge is 0.412 e. The normalized spacial score (nSPS) is 12.6. The van der Waals surface area contributed by atoms with Crippen molar-refractivity contribution in [2.45, 2.75) is 39.9 Å². The summed E-state index contributed by atoms with van der Waals surface area (Å²) in [4.78, 5) is 45.9. The number of halogens is 1. The third kappa shape index (κ3) is 6.04. The van der Waals surface area contributed by atoms with Crippen LogP contribution in [0.15, 0.2) is 42.9 Å². The third-order valence-corrected chi connectivity index (χ3v) is 7.27. The Labute approximate surface area is 238 Å². The van der Waals surface area contributed by atoms with E-state index in [1.54, 1.807) is 26.8 Å². The molecule has 0 saturated heterocycles. The number of nitrogens with zero attached hydrogens (tertiary/aromatic N) is 5. The Kier molecular flexibility index (Phi) is 7.70. The number of carbonyl (C=O) groups is 2. The maximum absolute atomic E-state index is 15.1. The van der Waals surface area contributed by atoms with Crippen molar-refractivity contribution in [3.8, 4) is 16.3 Å². The monoisotopic (exact) mass is 575 g/mol. The van der Waals surface area contributed by atoms with E-state index in [-0.39, 0.29) is 17.4 Å². The standard InChI is InChI=1S/C28H26FN7O4S/c1-13-6-18(25-21(7-13)35-22(12-33-25)26(37)30-5)27-36-20-8-19(29)23(9-24(20)41-27)39-14(2)15(3)40-28(38)34-17-10-31-16(4)32-11-17/h6-12,14-15H,1-5H3,(H,30,37)(H,34,38)/t14-,15+/m1/s1. The van der Waals surface area contributed by atoms with Crippen LogP contribution in [0.4, 0.5) is 14.9 Å². The summed E-state index contributed by atoms with van der Waals surface area (Å²) in [5, 5.41) is 5.71. The molecule has 0 radical (unpaired) electrons. The minimum atomic E-state index is -0.709. The lowest BCUT2D eigenvalue weighted by Crippen LogP contribution is -2.32. The summed E-state index contributed by atoms with van der Waals surface area (Å²) in [6, 6.07) is 6.65. The molecule has 5 rings (SSSR count). The molecule has 2 amide bonds. The molecule has 0 aliphatic heterocycles. The molecule has 0 spiro atoms. The van der Waals surface area contributed by atoms with E-state index < -0.39 is 24.1 Å². The average molecular weight is 576 g/mol. The molecule has 3 aromatic heterocycles. The van der Waals surface area contributed by atoms with Gasteiger partial charge in [-0.25, -0.2) is 29.1 Å². The number of anilines is 1. The fourth-order valence-electron chi connectivity index (χ4n) is 3.97. The number of ether oxygens (including phenoxy) is 2. The number of hydrogen-bond donors (Lipinski definition) is 2. The van der Waals surface area contributed by atoms with E-state index in [0.29, 0.717) is 37.8 Å². The molecule has 0 aliphatic carbocycles. The molecule has 2 N–H and O–H groups in total. The molecule has 210 valence electrons. The highest BCUT2D eigenvalue weighted by Gasteiger charge is 2.22. The van der Waals surface area contributed by atoms with E-state index in [1.807, 2.05) is 19.1 Å². The van der Waals surface area contributed by atoms with Crippen LogP contribution in [0.5, 0.6) is 5.75 Å². The predicted molar refractivity (Wildman–Crippen MR) is 153 cm³/mol. The zero-order valence-electron chi connectivity index (χ0n) is 22.9. The Bertz CT molecular complexity index is 1780. The van der Waals surface area contributed by atoms with Gasteiger partial charge in [0, 0.05) is 24.7 Å². The largest absolute Gasteiger partial charge is 0.484 e. The van der Waals surface area contributed by atoms with E-state index in [0.717, 1.165) is 11.1 Å². The van der Waals surface area contributed by atoms with Crippen molar-refractivity contribution in [1.29, 1.82) is 0 Å². The Morgan fingerprint density at radius 2 is 1.71 bits per heavy atom. The first kappa shape index (κ1) is 27.8. The first-order valence-electron chi connectivity index (χ1n) is 12.6. The molecular formula is C28H26FN7O4S. The fourth-order valence-corrected chi connectivity index (χ4v) is 4.96. The minimum Gasteiger partial charge on any atom is -0.484 e. The van der Waals surface area contributed by atoms with Crippen LogP contribution < -0.4 is 15.4 Å². The maximum Gasteiger partial charge on any atom is 0.412 e. The van der Waals surface area contributed by atoms with E-state index in [4.69, 9.17) is 9.47 Å². The topological polar surface area (TPSA) is 141 Å². The highest BCUT2D eigenvalue weighted by atomic mass is 32.1. The number of hydrogen-bond acceptors (Lipinski definition) is 10. The van der Waals surface area contributed by atoms with Gasteiger partial charge in [0.15, 0.2) is 11.6 Å². The maximum atomic E-state index is 15.1. The van der Waals surface area contributed by atoms with Crippen LogP contribution in [0.2, 0.25) is 0 Å². The molecule has 41 heavy (non-hydrogen) atoms. The van der Waals surface area contributed by atoms with Crippen LogP contribution in [0, 0.1) is 19.7 Å². The van der Waals surface area contributed by atoms with Gasteiger partial charge in [-0.3, -0.25) is 15.1 Å². The van der Waals surface area contributed by atoms with Crippen molar-refractivity contribution < 1.29 is 23.5 Å². The van der Waals surface area contributed by atoms with Gasteiger partial charge >= 0.3 is 6.09 Å². The van der Waals surface area contributed by atoms with Gasteiger partial charge in [-0.1, -0.05) is 0 Å². The zero-order chi connectivity index (χ0) is 29.3. The number of carbonyl (C=O) groups excluding carboxylic acids is 2. The molecule has 2 aromatic carbocycles. The quantitative estimate of drug-likeness (QED) is 0.267. The van der Waals surface area contributed by atoms with Crippen molar-refractivity contribution in [1.82, 2.24) is 30.2 Å². The van der Waals surface area contributed by atoms with Crippen LogP contribution in [-0.4, -0.2) is 56.2 Å². The van der Waals surface area contributed by atoms with E-state index in [9.17, 15) is 9.59 Å². The van der Waals surface area contributed by atoms with Crippen molar-refractivity contribution in [3.63, 3.8) is 0 Å². The Morgan fingerprint density at radius 1 is 0.951 bits per heavy atom. The lowest BCUT2D eigenvalue weighted by atomic mass is 10.1. The summed E-state index contributed by atoms with van der Waals surface area (Å²) < 4.78 is 27.0. The highest BCUT2D eigenvalue weighted by molar-refractivity contribution is 7.21. The molecule has 0 bridgehead atoms. The van der Waals surface area contributed by atoms with E-state index in [2.05, 4.69) is 35.6 Å². The number of fused-ring (bicyclic) bond motifs is 2. The van der Waals surface area contributed by atoms with Gasteiger partial charge in [0.1, 0.15) is 28.7 Å². The molecular weight excluding hydrogens is 549 g/mol. The zero-order valence-corrected chi connectivity index (χ0v) is 23.7. The van der Waals surface area contributed by atoms with E-state index >= 15 is 4.39 Å². The third-order valence-electron chi connectivity index (χ3n) is 6.22. The van der Waals surface area contributed by atoms with E-state index in [1.165, 1.54) is 43.0 Å². The van der Waals surface area contributed by atoms with Crippen LogP contribution in [-0.2, 0) is 4.74 Å². The molecule has 0 fully saturated rings. The van der Waals surface area contributed by atoms with Crippen molar-refractivity contribution >= 4 is 50.3 Å². The second-order valence-electron chi connectivity index (χ2n) is 9.36. The number of aromatic nitrogens is 5. The summed E-state index contributed by atoms with van der Waals surface area (Å²) >= 11 is 1.35. The molecule has 5 aromatic rings. The summed E-state index contributed by atoms with van der Waals surface area (Å²) in [5.74, 6) is -0.351. The number of rotatable bonds is 7. The minimum absolute atomic E-state index is 0.00658. The number of thiazole rings is 1. The number of benzene rings is 2. The summed E-state index contributed by atoms with van der Waals surface area (Å²) in [7, 11) is 1.53. The fraction of sp³-hybridized carbons (Fsp3) is 0.250. The first-order chi connectivity index (χ1) is 19.6. The van der Waals surface area contributed by atoms with Gasteiger partial charge in [0.2, 0.25) is 0 Å². The second kappa shape index (κ2) is 11.4. The van der Waals surface area contributed by atoms with Crippen LogP contribution >= 0.6 is 11.3 Å². The Morgan fingerprint density at radius 3 is 2.44 bits per heavy atom. The average Bonchev–Trinajstić information content (AvgIpc) is 3.35. The SMILES string of the molecule is CNC(=O)c1cnc2c(-c3nc4cc(F)c(O[C@H](C)[C@H](C)OC(=O)Nc5cnc(C)nc5)cc4s3)cc(C)cc2n1. The summed E-state index contributed by atoms with van der Waals surface area (Å²) in [6.45, 7) is 6.97. The van der Waals surface area contributed by atoms with Gasteiger partial charge in [0.05, 0.1) is 45.5 Å². The lowest BCUT2D eigenvalue weighted by molar-refractivity contribution is 0.0402. The number of nitrogens with one attached hydrogen (secondary N) is 2. The number of aryl methyl sites for hydroxylation is 2. The molecule has 0 saturated carbocycles. The molecule has 13 heteroatoms. The lowest BCUT2D eigenvalue weighted by Gasteiger charge is -2.22. The van der Waals surface area contributed by atoms with Crippen molar-refractivity contribution in [2.24, 2.45) is 0 Å².